The van der Waals surface area contributed by atoms with Crippen LogP contribution in [0.25, 0.3) is 0 Å². The number of para-hydroxylation sites is 1. The number of carbonyl (C=O) groups is 1. The van der Waals surface area contributed by atoms with E-state index in [1.165, 1.54) is 5.06 Å². The maximum Gasteiger partial charge on any atom is 0.265 e. The molecule has 0 aliphatic carbocycles. The highest BCUT2D eigenvalue weighted by Crippen LogP contribution is 2.28. The van der Waals surface area contributed by atoms with Crippen LogP contribution >= 0.6 is 11.6 Å². The summed E-state index contributed by atoms with van der Waals surface area (Å²) in [6.45, 7) is 8.89. The molecule has 0 spiro atoms. The molecule has 1 aromatic carbocycles. The molecule has 0 bridgehead atoms. The quantitative estimate of drug-likeness (QED) is 0.527. The second-order valence-corrected chi connectivity index (χ2v) is 5.53. The summed E-state index contributed by atoms with van der Waals surface area (Å²) in [6.07, 6.45) is 2.71. The van der Waals surface area contributed by atoms with Crippen LogP contribution < -0.4 is 5.06 Å². The van der Waals surface area contributed by atoms with Crippen LogP contribution in [-0.4, -0.2) is 18.4 Å². The third-order valence-electron chi connectivity index (χ3n) is 3.69. The molecule has 1 aromatic rings. The van der Waals surface area contributed by atoms with E-state index >= 15 is 0 Å². The van der Waals surface area contributed by atoms with Gasteiger partial charge in [-0.05, 0) is 29.9 Å². The predicted molar refractivity (Wildman–Crippen MR) is 88.8 cm³/mol. The number of halogens is 1. The van der Waals surface area contributed by atoms with E-state index in [2.05, 4.69) is 27.7 Å². The zero-order valence-electron chi connectivity index (χ0n) is 13.5. The van der Waals surface area contributed by atoms with Crippen molar-refractivity contribution in [3.8, 4) is 0 Å². The Balaban J connectivity index is 3.16. The molecule has 1 atom stereocenters. The number of alkyl halides is 1. The van der Waals surface area contributed by atoms with Gasteiger partial charge in [-0.15, -0.1) is 11.6 Å². The predicted octanol–water partition coefficient (Wildman–Crippen LogP) is 4.36. The van der Waals surface area contributed by atoms with Gasteiger partial charge in [0.05, 0.1) is 12.3 Å². The zero-order chi connectivity index (χ0) is 15.8. The molecule has 0 aromatic heterocycles. The number of benzene rings is 1. The molecule has 0 aliphatic rings. The summed E-state index contributed by atoms with van der Waals surface area (Å²) in [5.41, 5.74) is 3.09. The second-order valence-electron chi connectivity index (χ2n) is 5.26. The van der Waals surface area contributed by atoms with E-state index in [4.69, 9.17) is 16.4 Å². The smallest absolute Gasteiger partial charge is 0.265 e. The molecule has 0 N–H and O–H groups in total. The lowest BCUT2D eigenvalue weighted by atomic mass is 10.0. The van der Waals surface area contributed by atoms with Gasteiger partial charge in [0.2, 0.25) is 0 Å². The summed E-state index contributed by atoms with van der Waals surface area (Å²) >= 11 is 5.77. The first-order valence-corrected chi connectivity index (χ1v) is 8.24. The van der Waals surface area contributed by atoms with Crippen LogP contribution in [-0.2, 0) is 22.5 Å². The highest BCUT2D eigenvalue weighted by atomic mass is 35.5. The van der Waals surface area contributed by atoms with Crippen LogP contribution in [0.3, 0.4) is 0 Å². The standard InChI is InChI=1S/C17H26ClNO2/c1-5-13(4)12-21-19(16(20)11-18)17-14(6-2)9-8-10-15(17)7-3/h8-10,13H,5-7,11-12H2,1-4H3. The van der Waals surface area contributed by atoms with Crippen molar-refractivity contribution in [2.45, 2.75) is 47.0 Å². The normalized spacial score (nSPS) is 12.2. The number of nitrogens with zero attached hydrogens (tertiary/aromatic N) is 1. The molecule has 0 fully saturated rings. The molecule has 118 valence electrons. The van der Waals surface area contributed by atoms with Crippen LogP contribution in [0.15, 0.2) is 18.2 Å². The minimum atomic E-state index is -0.212. The number of carbonyl (C=O) groups excluding carboxylic acids is 1. The molecule has 0 aliphatic heterocycles. The van der Waals surface area contributed by atoms with E-state index in [1.54, 1.807) is 0 Å². The topological polar surface area (TPSA) is 29.5 Å². The fraction of sp³-hybridized carbons (Fsp3) is 0.588. The first-order chi connectivity index (χ1) is 10.1. The van der Waals surface area contributed by atoms with E-state index in [0.717, 1.165) is 36.1 Å². The summed E-state index contributed by atoms with van der Waals surface area (Å²) in [7, 11) is 0. The molecule has 0 radical (unpaired) electrons. The molecule has 3 nitrogen and oxygen atoms in total. The lowest BCUT2D eigenvalue weighted by molar-refractivity contribution is -0.124. The van der Waals surface area contributed by atoms with E-state index in [1.807, 2.05) is 18.2 Å². The van der Waals surface area contributed by atoms with Crippen LogP contribution in [0.1, 0.15) is 45.2 Å². The van der Waals surface area contributed by atoms with Crippen molar-refractivity contribution >= 4 is 23.2 Å². The molecule has 4 heteroatoms. The highest BCUT2D eigenvalue weighted by Gasteiger charge is 2.22. The van der Waals surface area contributed by atoms with Gasteiger partial charge in [-0.25, -0.2) is 0 Å². The monoisotopic (exact) mass is 311 g/mol. The van der Waals surface area contributed by atoms with Gasteiger partial charge in [-0.2, -0.15) is 5.06 Å². The van der Waals surface area contributed by atoms with E-state index in [0.29, 0.717) is 12.5 Å². The van der Waals surface area contributed by atoms with Crippen molar-refractivity contribution in [1.29, 1.82) is 0 Å². The van der Waals surface area contributed by atoms with Gasteiger partial charge in [0.15, 0.2) is 0 Å². The van der Waals surface area contributed by atoms with Crippen LogP contribution in [0, 0.1) is 5.92 Å². The van der Waals surface area contributed by atoms with Crippen molar-refractivity contribution < 1.29 is 9.63 Å². The minimum Gasteiger partial charge on any atom is -0.271 e. The average molecular weight is 312 g/mol. The van der Waals surface area contributed by atoms with Crippen LogP contribution in [0.5, 0.6) is 0 Å². The number of rotatable bonds is 8. The summed E-state index contributed by atoms with van der Waals surface area (Å²) in [6, 6.07) is 6.10. The Labute approximate surface area is 133 Å². The fourth-order valence-corrected chi connectivity index (χ4v) is 2.22. The third-order valence-corrected chi connectivity index (χ3v) is 3.92. The summed E-state index contributed by atoms with van der Waals surface area (Å²) in [5, 5.41) is 1.41. The van der Waals surface area contributed by atoms with Gasteiger partial charge in [0, 0.05) is 0 Å². The lowest BCUT2D eigenvalue weighted by Gasteiger charge is -2.27. The molecular weight excluding hydrogens is 286 g/mol. The van der Waals surface area contributed by atoms with Crippen molar-refractivity contribution in [1.82, 2.24) is 0 Å². The largest absolute Gasteiger partial charge is 0.271 e. The Bertz CT molecular complexity index is 440. The molecule has 1 unspecified atom stereocenters. The van der Waals surface area contributed by atoms with Crippen molar-refractivity contribution in [2.24, 2.45) is 5.92 Å². The molecular formula is C17H26ClNO2. The summed E-state index contributed by atoms with van der Waals surface area (Å²) in [5.74, 6) is 0.104. The van der Waals surface area contributed by atoms with Gasteiger partial charge in [-0.1, -0.05) is 52.3 Å². The number of anilines is 1. The van der Waals surface area contributed by atoms with Gasteiger partial charge in [0.1, 0.15) is 5.88 Å². The fourth-order valence-electron chi connectivity index (χ4n) is 2.11. The van der Waals surface area contributed by atoms with E-state index in [-0.39, 0.29) is 11.8 Å². The maximum absolute atomic E-state index is 12.2. The van der Waals surface area contributed by atoms with E-state index in [9.17, 15) is 4.79 Å². The van der Waals surface area contributed by atoms with Crippen molar-refractivity contribution in [3.63, 3.8) is 0 Å². The number of amides is 1. The Morgan fingerprint density at radius 1 is 1.24 bits per heavy atom. The maximum atomic E-state index is 12.2. The Morgan fingerprint density at radius 3 is 2.24 bits per heavy atom. The van der Waals surface area contributed by atoms with Gasteiger partial charge >= 0.3 is 0 Å². The highest BCUT2D eigenvalue weighted by molar-refractivity contribution is 6.29. The average Bonchev–Trinajstić information content (AvgIpc) is 2.53. The second kappa shape index (κ2) is 9.06. The molecule has 21 heavy (non-hydrogen) atoms. The summed E-state index contributed by atoms with van der Waals surface area (Å²) in [4.78, 5) is 18.0. The first-order valence-electron chi connectivity index (χ1n) is 7.71. The van der Waals surface area contributed by atoms with Gasteiger partial charge in [0.25, 0.3) is 5.91 Å². The van der Waals surface area contributed by atoms with Crippen molar-refractivity contribution in [2.75, 3.05) is 17.6 Å². The van der Waals surface area contributed by atoms with Crippen LogP contribution in [0.2, 0.25) is 0 Å². The molecule has 0 saturated carbocycles. The number of hydrogen-bond acceptors (Lipinski definition) is 2. The SMILES string of the molecule is CCc1cccc(CC)c1N(OCC(C)CC)C(=O)CCl. The Kier molecular flexibility index (Phi) is 7.76. The Hall–Kier alpha value is -1.06. The summed E-state index contributed by atoms with van der Waals surface area (Å²) < 4.78 is 0. The van der Waals surface area contributed by atoms with Crippen molar-refractivity contribution in [3.05, 3.63) is 29.3 Å². The van der Waals surface area contributed by atoms with Gasteiger partial charge in [-0.3, -0.25) is 9.63 Å². The minimum absolute atomic E-state index is 0.0816. The lowest BCUT2D eigenvalue weighted by Crippen LogP contribution is -2.35. The molecule has 0 heterocycles. The Morgan fingerprint density at radius 2 is 1.81 bits per heavy atom. The van der Waals surface area contributed by atoms with E-state index < -0.39 is 0 Å². The molecule has 0 saturated heterocycles. The zero-order valence-corrected chi connectivity index (χ0v) is 14.2. The number of hydrogen-bond donors (Lipinski definition) is 0. The molecule has 1 amide bonds. The number of aryl methyl sites for hydroxylation is 2. The third kappa shape index (κ3) is 4.72. The first kappa shape index (κ1) is 18.0. The van der Waals surface area contributed by atoms with Gasteiger partial charge < -0.3 is 0 Å². The number of hydroxylamine groups is 1. The molecule has 1 rings (SSSR count). The van der Waals surface area contributed by atoms with Crippen LogP contribution in [0.4, 0.5) is 5.69 Å².